The molecule has 10 nitrogen and oxygen atoms in total. The number of hydrogen-bond donors (Lipinski definition) is 3. The predicted molar refractivity (Wildman–Crippen MR) is 186 cm³/mol. The molecule has 0 aliphatic rings. The van der Waals surface area contributed by atoms with Gasteiger partial charge in [-0.1, -0.05) is 36.4 Å². The first kappa shape index (κ1) is 39.4. The van der Waals surface area contributed by atoms with Crippen molar-refractivity contribution in [1.82, 2.24) is 15.5 Å². The third-order valence-corrected chi connectivity index (χ3v) is 7.54. The zero-order valence-corrected chi connectivity index (χ0v) is 30.5. The van der Waals surface area contributed by atoms with Crippen LogP contribution in [0.15, 0.2) is 48.5 Å². The number of esters is 1. The van der Waals surface area contributed by atoms with Crippen LogP contribution in [0.5, 0.6) is 5.75 Å². The number of carbonyl (C=O) groups excluding carboxylic acids is 4. The number of aromatic hydroxyl groups is 1. The highest BCUT2D eigenvalue weighted by atomic mass is 32.2. The highest BCUT2D eigenvalue weighted by molar-refractivity contribution is 7.98. The number of thioether (sulfide) groups is 1. The maximum Gasteiger partial charge on any atom is 0.408 e. The first-order valence-corrected chi connectivity index (χ1v) is 17.2. The highest BCUT2D eigenvalue weighted by Crippen LogP contribution is 2.33. The Labute approximate surface area is 284 Å². The monoisotopic (exact) mass is 671 g/mol. The van der Waals surface area contributed by atoms with Crippen molar-refractivity contribution < 1.29 is 33.8 Å². The van der Waals surface area contributed by atoms with Crippen LogP contribution in [0, 0.1) is 6.92 Å². The van der Waals surface area contributed by atoms with E-state index in [1.165, 1.54) is 22.7 Å². The fourth-order valence-corrected chi connectivity index (χ4v) is 5.36. The van der Waals surface area contributed by atoms with Gasteiger partial charge in [0.25, 0.3) is 0 Å². The number of phenols is 1. The lowest BCUT2D eigenvalue weighted by atomic mass is 9.93. The van der Waals surface area contributed by atoms with E-state index in [1.807, 2.05) is 36.6 Å². The van der Waals surface area contributed by atoms with Gasteiger partial charge in [0.2, 0.25) is 11.8 Å². The number of rotatable bonds is 12. The number of carbonyl (C=O) groups is 4. The Hall–Kier alpha value is -3.73. The van der Waals surface area contributed by atoms with E-state index in [0.29, 0.717) is 16.9 Å². The summed E-state index contributed by atoms with van der Waals surface area (Å²) in [5.41, 5.74) is -0.815. The third kappa shape index (κ3) is 12.8. The number of aryl methyl sites for hydroxylation is 1. The zero-order chi connectivity index (χ0) is 35.7. The Balaban J connectivity index is 2.68. The summed E-state index contributed by atoms with van der Waals surface area (Å²) in [7, 11) is 0. The van der Waals surface area contributed by atoms with Crippen molar-refractivity contribution in [2.24, 2.45) is 0 Å². The number of nitrogens with zero attached hydrogens (tertiary/aromatic N) is 1. The Bertz CT molecular complexity index is 1380. The molecule has 0 fully saturated rings. The molecule has 0 bridgehead atoms. The molecule has 3 N–H and O–H groups in total. The minimum Gasteiger partial charge on any atom is -0.508 e. The molecule has 0 radical (unpaired) electrons. The molecule has 0 heterocycles. The summed E-state index contributed by atoms with van der Waals surface area (Å²) in [4.78, 5) is 57.0. The summed E-state index contributed by atoms with van der Waals surface area (Å²) in [6.45, 7) is 17.5. The van der Waals surface area contributed by atoms with E-state index in [4.69, 9.17) is 9.47 Å². The maximum atomic E-state index is 14.6. The molecule has 2 aromatic rings. The summed E-state index contributed by atoms with van der Waals surface area (Å²) >= 11 is 1.52. The molecule has 0 aliphatic heterocycles. The molecule has 0 saturated heterocycles. The van der Waals surface area contributed by atoms with Crippen molar-refractivity contribution in [1.29, 1.82) is 0 Å². The van der Waals surface area contributed by atoms with E-state index >= 15 is 0 Å². The number of hydrogen-bond acceptors (Lipinski definition) is 8. The summed E-state index contributed by atoms with van der Waals surface area (Å²) in [5.74, 6) is -1.15. The van der Waals surface area contributed by atoms with Gasteiger partial charge in [-0.05, 0) is 116 Å². The minimum absolute atomic E-state index is 0.0293. The molecular formula is C36H53N3O7S. The van der Waals surface area contributed by atoms with E-state index in [-0.39, 0.29) is 18.6 Å². The summed E-state index contributed by atoms with van der Waals surface area (Å²) < 4.78 is 11.2. The lowest BCUT2D eigenvalue weighted by Crippen LogP contribution is -2.59. The lowest BCUT2D eigenvalue weighted by molar-refractivity contribution is -0.159. The quantitative estimate of drug-likeness (QED) is 0.231. The number of ether oxygens (including phenoxy) is 2. The molecular weight excluding hydrogens is 618 g/mol. The Kier molecular flexibility index (Phi) is 13.8. The molecule has 3 unspecified atom stereocenters. The van der Waals surface area contributed by atoms with Crippen LogP contribution in [0.1, 0.15) is 91.5 Å². The Morgan fingerprint density at radius 2 is 1.45 bits per heavy atom. The van der Waals surface area contributed by atoms with Crippen molar-refractivity contribution in [2.75, 3.05) is 12.0 Å². The van der Waals surface area contributed by atoms with E-state index < -0.39 is 58.7 Å². The van der Waals surface area contributed by atoms with Crippen molar-refractivity contribution >= 4 is 35.6 Å². The zero-order valence-electron chi connectivity index (χ0n) is 29.7. The third-order valence-electron chi connectivity index (χ3n) is 6.89. The molecule has 2 aromatic carbocycles. The van der Waals surface area contributed by atoms with Gasteiger partial charge in [0.15, 0.2) is 0 Å². The van der Waals surface area contributed by atoms with Crippen LogP contribution in [0.3, 0.4) is 0 Å². The molecule has 260 valence electrons. The van der Waals surface area contributed by atoms with Gasteiger partial charge >= 0.3 is 12.1 Å². The second-order valence-electron chi connectivity index (χ2n) is 14.6. The smallest absolute Gasteiger partial charge is 0.408 e. The molecule has 3 atom stereocenters. The normalized spacial score (nSPS) is 13.9. The van der Waals surface area contributed by atoms with Gasteiger partial charge in [-0.15, -0.1) is 0 Å². The molecule has 0 aromatic heterocycles. The summed E-state index contributed by atoms with van der Waals surface area (Å²) in [6, 6.07) is 10.6. The van der Waals surface area contributed by atoms with E-state index in [0.717, 1.165) is 5.56 Å². The first-order valence-electron chi connectivity index (χ1n) is 15.8. The second kappa shape index (κ2) is 16.4. The van der Waals surface area contributed by atoms with Crippen LogP contribution in [0.25, 0.3) is 0 Å². The van der Waals surface area contributed by atoms with Gasteiger partial charge in [-0.2, -0.15) is 11.8 Å². The lowest BCUT2D eigenvalue weighted by Gasteiger charge is -2.43. The SMILES string of the molecule is CSCCC(NC(=O)OC(C)(C)C)C(=O)N(C(C(=O)NC(Cc1ccccc1)C(=O)OC(C)(C)C)c1ccc(O)c(C)c1)C(C)(C)C. The molecule has 3 amide bonds. The van der Waals surface area contributed by atoms with Crippen molar-refractivity contribution in [3.05, 3.63) is 65.2 Å². The Morgan fingerprint density at radius 3 is 1.96 bits per heavy atom. The van der Waals surface area contributed by atoms with Crippen molar-refractivity contribution in [3.63, 3.8) is 0 Å². The highest BCUT2D eigenvalue weighted by Gasteiger charge is 2.43. The Morgan fingerprint density at radius 1 is 0.851 bits per heavy atom. The largest absolute Gasteiger partial charge is 0.508 e. The van der Waals surface area contributed by atoms with Gasteiger partial charge in [0.1, 0.15) is 35.1 Å². The molecule has 2 rings (SSSR count). The number of nitrogens with one attached hydrogen (secondary N) is 2. The van der Waals surface area contributed by atoms with Crippen LogP contribution in [0.2, 0.25) is 0 Å². The van der Waals surface area contributed by atoms with E-state index in [1.54, 1.807) is 81.4 Å². The predicted octanol–water partition coefficient (Wildman–Crippen LogP) is 6.08. The minimum atomic E-state index is -1.25. The van der Waals surface area contributed by atoms with E-state index in [2.05, 4.69) is 10.6 Å². The van der Waals surface area contributed by atoms with Gasteiger partial charge in [0.05, 0.1) is 0 Å². The molecule has 11 heteroatoms. The van der Waals surface area contributed by atoms with Crippen LogP contribution >= 0.6 is 11.8 Å². The van der Waals surface area contributed by atoms with Crippen LogP contribution in [-0.4, -0.2) is 74.7 Å². The summed E-state index contributed by atoms with van der Waals surface area (Å²) in [6.07, 6.45) is 1.59. The standard InChI is InChI=1S/C36H53N3O7S/c1-23-21-25(17-18-28(23)40)29(30(41)37-27(32(43)45-35(5,6)7)22-24-15-13-12-14-16-24)39(34(2,3)4)31(42)26(19-20-47-11)38-33(44)46-36(8,9)10/h12-18,21,26-27,29,40H,19-20,22H2,1-11H3,(H,37,41)(H,38,44). The topological polar surface area (TPSA) is 134 Å². The molecule has 0 aliphatic carbocycles. The van der Waals surface area contributed by atoms with Crippen LogP contribution < -0.4 is 10.6 Å². The van der Waals surface area contributed by atoms with Gasteiger partial charge < -0.3 is 30.1 Å². The molecule has 0 spiro atoms. The number of benzene rings is 2. The second-order valence-corrected chi connectivity index (χ2v) is 15.6. The first-order chi connectivity index (χ1) is 21.6. The van der Waals surface area contributed by atoms with Gasteiger partial charge in [-0.3, -0.25) is 9.59 Å². The average Bonchev–Trinajstić information content (AvgIpc) is 2.92. The molecule has 0 saturated carbocycles. The number of alkyl carbamates (subject to hydrolysis) is 1. The average molecular weight is 672 g/mol. The van der Waals surface area contributed by atoms with Gasteiger partial charge in [0, 0.05) is 12.0 Å². The van der Waals surface area contributed by atoms with Gasteiger partial charge in [-0.25, -0.2) is 9.59 Å². The molecule has 47 heavy (non-hydrogen) atoms. The van der Waals surface area contributed by atoms with Crippen LogP contribution in [0.4, 0.5) is 4.79 Å². The fraction of sp³-hybridized carbons (Fsp3) is 0.556. The van der Waals surface area contributed by atoms with Crippen LogP contribution in [-0.2, 0) is 30.3 Å². The van der Waals surface area contributed by atoms with Crippen molar-refractivity contribution in [3.8, 4) is 5.75 Å². The number of amides is 3. The van der Waals surface area contributed by atoms with Crippen molar-refractivity contribution in [2.45, 2.75) is 117 Å². The fourth-order valence-electron chi connectivity index (χ4n) is 4.89. The number of phenolic OH excluding ortho intramolecular Hbond substituents is 1. The summed E-state index contributed by atoms with van der Waals surface area (Å²) in [5, 5.41) is 16.0. The maximum absolute atomic E-state index is 14.6. The van der Waals surface area contributed by atoms with E-state index in [9.17, 15) is 24.3 Å².